The average molecular weight is 600 g/mol. The lowest BCUT2D eigenvalue weighted by atomic mass is 9.68. The number of nitrogens with one attached hydrogen (secondary N) is 2. The number of hydrogen-bond donors (Lipinski definition) is 3. The van der Waals surface area contributed by atoms with Gasteiger partial charge in [-0.1, -0.05) is 29.8 Å². The third-order valence-electron chi connectivity index (χ3n) is 9.48. The highest BCUT2D eigenvalue weighted by atomic mass is 35.5. The van der Waals surface area contributed by atoms with E-state index in [0.29, 0.717) is 37.7 Å². The number of hydrogen-bond acceptors (Lipinski definition) is 7. The van der Waals surface area contributed by atoms with Crippen molar-refractivity contribution in [1.82, 2.24) is 10.0 Å². The second kappa shape index (κ2) is 10.6. The van der Waals surface area contributed by atoms with Crippen LogP contribution in [-0.4, -0.2) is 57.3 Å². The van der Waals surface area contributed by atoms with Crippen molar-refractivity contribution in [3.63, 3.8) is 0 Å². The van der Waals surface area contributed by atoms with Crippen LogP contribution >= 0.6 is 11.6 Å². The van der Waals surface area contributed by atoms with Crippen molar-refractivity contribution in [3.8, 4) is 5.75 Å². The first-order valence-electron chi connectivity index (χ1n) is 14.5. The van der Waals surface area contributed by atoms with E-state index in [-0.39, 0.29) is 22.1 Å². The van der Waals surface area contributed by atoms with Gasteiger partial charge in [0.25, 0.3) is 15.9 Å². The fraction of sp³-hybridized carbons (Fsp3) is 0.516. The first-order valence-corrected chi connectivity index (χ1v) is 16.3. The summed E-state index contributed by atoms with van der Waals surface area (Å²) >= 11 is 6.37. The predicted molar refractivity (Wildman–Crippen MR) is 159 cm³/mol. The number of aryl methyl sites for hydroxylation is 1. The molecule has 4 atom stereocenters. The number of fused-ring (bicyclic) bond motifs is 4. The van der Waals surface area contributed by atoms with Crippen molar-refractivity contribution in [2.45, 2.75) is 67.9 Å². The van der Waals surface area contributed by atoms with Gasteiger partial charge in [0.2, 0.25) is 0 Å². The zero-order chi connectivity index (χ0) is 29.0. The molecular weight excluding hydrogens is 562 g/mol. The number of aliphatic hydroxyl groups is 1. The number of carbonyl (C=O) groups is 1. The van der Waals surface area contributed by atoms with E-state index in [1.54, 1.807) is 32.1 Å². The van der Waals surface area contributed by atoms with Crippen LogP contribution in [0.5, 0.6) is 5.75 Å². The summed E-state index contributed by atoms with van der Waals surface area (Å²) in [4.78, 5) is 15.3. The Morgan fingerprint density at radius 3 is 2.76 bits per heavy atom. The maximum absolute atomic E-state index is 13.4. The minimum absolute atomic E-state index is 0.0120. The summed E-state index contributed by atoms with van der Waals surface area (Å²) in [6.07, 6.45) is 7.83. The molecule has 2 heterocycles. The molecule has 2 bridgehead atoms. The summed E-state index contributed by atoms with van der Waals surface area (Å²) in [5.74, 6) is 0.302. The maximum Gasteiger partial charge on any atom is 0.264 e. The van der Waals surface area contributed by atoms with Gasteiger partial charge in [-0.25, -0.2) is 13.1 Å². The SMILES string of the molecule is CC1(C)NC/C=C/[C@H](O)[C@@H]2CC[C@H]2CN2C[C@@]3(CCCc4cc(Cl)ccc43)COc3ccc(cc32)S(=O)(=O)NC1=O. The van der Waals surface area contributed by atoms with E-state index in [0.717, 1.165) is 37.1 Å². The summed E-state index contributed by atoms with van der Waals surface area (Å²) in [5, 5.41) is 14.8. The highest BCUT2D eigenvalue weighted by Crippen LogP contribution is 2.47. The number of anilines is 1. The van der Waals surface area contributed by atoms with E-state index in [4.69, 9.17) is 16.3 Å². The molecule has 0 unspecified atom stereocenters. The number of amides is 1. The normalized spacial score (nSPS) is 31.5. The van der Waals surface area contributed by atoms with Gasteiger partial charge in [0.1, 0.15) is 5.75 Å². The van der Waals surface area contributed by atoms with Crippen LogP contribution in [0.25, 0.3) is 0 Å². The molecule has 1 saturated carbocycles. The van der Waals surface area contributed by atoms with Crippen LogP contribution in [0.4, 0.5) is 5.69 Å². The second-order valence-electron chi connectivity index (χ2n) is 12.6. The van der Waals surface area contributed by atoms with Crippen molar-refractivity contribution in [2.24, 2.45) is 11.8 Å². The van der Waals surface area contributed by atoms with Crippen molar-refractivity contribution < 1.29 is 23.1 Å². The maximum atomic E-state index is 13.4. The highest BCUT2D eigenvalue weighted by molar-refractivity contribution is 7.90. The van der Waals surface area contributed by atoms with Crippen molar-refractivity contribution >= 4 is 33.2 Å². The molecule has 0 aromatic heterocycles. The van der Waals surface area contributed by atoms with Crippen molar-refractivity contribution in [2.75, 3.05) is 31.1 Å². The molecular formula is C31H38ClN3O5S. The average Bonchev–Trinajstić information content (AvgIpc) is 3.05. The summed E-state index contributed by atoms with van der Waals surface area (Å²) in [6, 6.07) is 10.9. The molecule has 2 aromatic carbocycles. The molecule has 4 aliphatic rings. The number of rotatable bonds is 0. The van der Waals surface area contributed by atoms with Gasteiger partial charge in [0, 0.05) is 30.1 Å². The fourth-order valence-electron chi connectivity index (χ4n) is 6.87. The Hall–Kier alpha value is -2.59. The van der Waals surface area contributed by atoms with E-state index in [9.17, 15) is 18.3 Å². The van der Waals surface area contributed by atoms with Gasteiger partial charge in [-0.2, -0.15) is 0 Å². The van der Waals surface area contributed by atoms with Crippen LogP contribution in [-0.2, 0) is 26.7 Å². The number of nitrogens with zero attached hydrogens (tertiary/aromatic N) is 1. The lowest BCUT2D eigenvalue weighted by molar-refractivity contribution is -0.124. The monoisotopic (exact) mass is 599 g/mol. The van der Waals surface area contributed by atoms with Gasteiger partial charge in [0.15, 0.2) is 0 Å². The first-order chi connectivity index (χ1) is 19.5. The number of sulfonamides is 1. The molecule has 41 heavy (non-hydrogen) atoms. The number of halogens is 1. The fourth-order valence-corrected chi connectivity index (χ4v) is 8.19. The number of aliphatic hydroxyl groups excluding tert-OH is 1. The molecule has 8 nitrogen and oxygen atoms in total. The van der Waals surface area contributed by atoms with Crippen LogP contribution in [0.15, 0.2) is 53.4 Å². The predicted octanol–water partition coefficient (Wildman–Crippen LogP) is 3.94. The first kappa shape index (κ1) is 28.5. The largest absolute Gasteiger partial charge is 0.490 e. The Bertz CT molecular complexity index is 1490. The molecule has 1 fully saturated rings. The Balaban J connectivity index is 1.44. The number of ether oxygens (including phenoxy) is 1. The van der Waals surface area contributed by atoms with Crippen LogP contribution in [0.3, 0.4) is 0 Å². The topological polar surface area (TPSA) is 108 Å². The second-order valence-corrected chi connectivity index (χ2v) is 14.7. The number of carbonyl (C=O) groups excluding carboxylic acids is 1. The van der Waals surface area contributed by atoms with E-state index < -0.39 is 27.6 Å². The smallest absolute Gasteiger partial charge is 0.264 e. The van der Waals surface area contributed by atoms with Crippen molar-refractivity contribution in [1.29, 1.82) is 0 Å². The Kier molecular flexibility index (Phi) is 7.37. The molecule has 3 N–H and O–H groups in total. The summed E-state index contributed by atoms with van der Waals surface area (Å²) in [7, 11) is -4.14. The highest BCUT2D eigenvalue weighted by Gasteiger charge is 2.44. The zero-order valence-electron chi connectivity index (χ0n) is 23.5. The molecule has 6 rings (SSSR count). The third kappa shape index (κ3) is 5.38. The molecule has 1 spiro atoms. The van der Waals surface area contributed by atoms with Gasteiger partial charge < -0.3 is 20.1 Å². The molecule has 220 valence electrons. The van der Waals surface area contributed by atoms with Gasteiger partial charge >= 0.3 is 0 Å². The van der Waals surface area contributed by atoms with E-state index in [2.05, 4.69) is 27.1 Å². The molecule has 1 amide bonds. The summed E-state index contributed by atoms with van der Waals surface area (Å²) in [6.45, 7) is 5.37. The Morgan fingerprint density at radius 2 is 1.98 bits per heavy atom. The Labute approximate surface area is 247 Å². The molecule has 2 aliphatic heterocycles. The minimum atomic E-state index is -4.14. The summed E-state index contributed by atoms with van der Waals surface area (Å²) in [5.41, 5.74) is 1.72. The van der Waals surface area contributed by atoms with Crippen LogP contribution < -0.4 is 19.7 Å². The third-order valence-corrected chi connectivity index (χ3v) is 11.0. The van der Waals surface area contributed by atoms with Crippen LogP contribution in [0, 0.1) is 11.8 Å². The van der Waals surface area contributed by atoms with E-state index in [1.807, 2.05) is 12.1 Å². The molecule has 2 aromatic rings. The van der Waals surface area contributed by atoms with Crippen LogP contribution in [0.2, 0.25) is 5.02 Å². The van der Waals surface area contributed by atoms with Gasteiger partial charge in [0.05, 0.1) is 28.8 Å². The minimum Gasteiger partial charge on any atom is -0.490 e. The lowest BCUT2D eigenvalue weighted by Crippen LogP contribution is -2.54. The van der Waals surface area contributed by atoms with E-state index >= 15 is 0 Å². The summed E-state index contributed by atoms with van der Waals surface area (Å²) < 4.78 is 35.6. The molecule has 2 aliphatic carbocycles. The standard InChI is InChI=1S/C31H38ClN3O5S/c1-30(2)29(37)34-41(38,39)23-9-12-28-26(16-23)35(17-21-7-10-24(21)27(36)6-4-14-33-30)18-31(19-40-28)13-3-5-20-15-22(32)8-11-25(20)31/h4,6,8-9,11-12,15-16,21,24,27,33,36H,3,5,7,10,13-14,17-19H2,1-2H3,(H,34,37)/b6-4+/t21-,24+,27-,31-/m0/s1. The molecule has 10 heteroatoms. The quantitative estimate of drug-likeness (QED) is 0.394. The van der Waals surface area contributed by atoms with Gasteiger partial charge in [-0.3, -0.25) is 4.79 Å². The zero-order valence-corrected chi connectivity index (χ0v) is 25.1. The van der Waals surface area contributed by atoms with E-state index in [1.165, 1.54) is 17.2 Å². The lowest BCUT2D eigenvalue weighted by Gasteiger charge is -2.45. The molecule has 0 radical (unpaired) electrons. The van der Waals surface area contributed by atoms with Gasteiger partial charge in [-0.15, -0.1) is 0 Å². The number of benzene rings is 2. The van der Waals surface area contributed by atoms with Gasteiger partial charge in [-0.05, 0) is 99.2 Å². The van der Waals surface area contributed by atoms with Crippen molar-refractivity contribution in [3.05, 3.63) is 64.7 Å². The van der Waals surface area contributed by atoms with Crippen LogP contribution in [0.1, 0.15) is 50.7 Å². The molecule has 0 saturated heterocycles. The Morgan fingerprint density at radius 1 is 1.15 bits per heavy atom.